The van der Waals surface area contributed by atoms with Gasteiger partial charge in [0.15, 0.2) is 5.82 Å². The number of rotatable bonds is 3. The number of aromatic hydroxyl groups is 1. The summed E-state index contributed by atoms with van der Waals surface area (Å²) in [5.74, 6) is 2.12. The van der Waals surface area contributed by atoms with E-state index < -0.39 is 0 Å². The number of aromatic nitrogens is 2. The van der Waals surface area contributed by atoms with Crippen LogP contribution < -0.4 is 4.74 Å². The lowest BCUT2D eigenvalue weighted by Gasteiger charge is -2.03. The average molecular weight is 260 g/mol. The Bertz CT molecular complexity index is 619. The SMILES string of the molecule is COc1ccc(O)c(-c2nc(C3CC3(C)C)no2)c1. The first kappa shape index (κ1) is 12.0. The largest absolute Gasteiger partial charge is 0.507 e. The van der Waals surface area contributed by atoms with Crippen molar-refractivity contribution < 1.29 is 14.4 Å². The first-order chi connectivity index (χ1) is 9.01. The van der Waals surface area contributed by atoms with Crippen molar-refractivity contribution in [1.29, 1.82) is 0 Å². The fourth-order valence-electron chi connectivity index (χ4n) is 2.21. The third-order valence-electron chi connectivity index (χ3n) is 3.70. The summed E-state index contributed by atoms with van der Waals surface area (Å²) in [7, 11) is 1.57. The van der Waals surface area contributed by atoms with Crippen LogP contribution in [0.25, 0.3) is 11.5 Å². The summed E-state index contributed by atoms with van der Waals surface area (Å²) in [5.41, 5.74) is 0.744. The van der Waals surface area contributed by atoms with Crippen molar-refractivity contribution in [2.45, 2.75) is 26.2 Å². The fourth-order valence-corrected chi connectivity index (χ4v) is 2.21. The lowest BCUT2D eigenvalue weighted by atomic mass is 10.1. The predicted octanol–water partition coefficient (Wildman–Crippen LogP) is 2.96. The van der Waals surface area contributed by atoms with Crippen molar-refractivity contribution in [3.63, 3.8) is 0 Å². The van der Waals surface area contributed by atoms with Crippen LogP contribution in [0.15, 0.2) is 22.7 Å². The highest BCUT2D eigenvalue weighted by atomic mass is 16.5. The molecule has 1 unspecified atom stereocenters. The Labute approximate surface area is 111 Å². The topological polar surface area (TPSA) is 68.4 Å². The molecule has 0 spiro atoms. The van der Waals surface area contributed by atoms with Gasteiger partial charge in [0.05, 0.1) is 12.7 Å². The average Bonchev–Trinajstić information content (AvgIpc) is 2.82. The fraction of sp³-hybridized carbons (Fsp3) is 0.429. The van der Waals surface area contributed by atoms with E-state index >= 15 is 0 Å². The molecular formula is C14H16N2O3. The molecule has 19 heavy (non-hydrogen) atoms. The molecule has 1 aromatic carbocycles. The molecule has 1 atom stereocenters. The van der Waals surface area contributed by atoms with Gasteiger partial charge < -0.3 is 14.4 Å². The summed E-state index contributed by atoms with van der Waals surface area (Å²) in [6.45, 7) is 4.35. The number of benzene rings is 1. The first-order valence-electron chi connectivity index (χ1n) is 6.22. The van der Waals surface area contributed by atoms with Crippen molar-refractivity contribution in [2.24, 2.45) is 5.41 Å². The van der Waals surface area contributed by atoms with Crippen molar-refractivity contribution in [1.82, 2.24) is 10.1 Å². The Morgan fingerprint density at radius 3 is 2.79 bits per heavy atom. The second-order valence-corrected chi connectivity index (χ2v) is 5.59. The van der Waals surface area contributed by atoms with Gasteiger partial charge in [0.25, 0.3) is 5.89 Å². The highest BCUT2D eigenvalue weighted by Crippen LogP contribution is 2.57. The summed E-state index contributed by atoms with van der Waals surface area (Å²) in [5, 5.41) is 13.9. The number of nitrogens with zero attached hydrogens (tertiary/aromatic N) is 2. The second-order valence-electron chi connectivity index (χ2n) is 5.59. The number of hydrogen-bond acceptors (Lipinski definition) is 5. The molecule has 5 nitrogen and oxygen atoms in total. The van der Waals surface area contributed by atoms with Gasteiger partial charge in [0.1, 0.15) is 11.5 Å². The van der Waals surface area contributed by atoms with Gasteiger partial charge in [-0.3, -0.25) is 0 Å². The lowest BCUT2D eigenvalue weighted by Crippen LogP contribution is -1.92. The smallest absolute Gasteiger partial charge is 0.261 e. The molecule has 0 bridgehead atoms. The molecule has 1 aliphatic carbocycles. The van der Waals surface area contributed by atoms with Crippen molar-refractivity contribution >= 4 is 0 Å². The molecule has 1 aliphatic rings. The van der Waals surface area contributed by atoms with Crippen molar-refractivity contribution in [2.75, 3.05) is 7.11 Å². The molecule has 0 amide bonds. The molecule has 3 rings (SSSR count). The van der Waals surface area contributed by atoms with Crippen LogP contribution >= 0.6 is 0 Å². The summed E-state index contributed by atoms with van der Waals surface area (Å²) >= 11 is 0. The van der Waals surface area contributed by atoms with Crippen LogP contribution in [0.5, 0.6) is 11.5 Å². The van der Waals surface area contributed by atoms with Crippen molar-refractivity contribution in [3.05, 3.63) is 24.0 Å². The Kier molecular flexibility index (Phi) is 2.52. The third kappa shape index (κ3) is 2.05. The molecule has 5 heteroatoms. The summed E-state index contributed by atoms with van der Waals surface area (Å²) in [6, 6.07) is 4.92. The minimum Gasteiger partial charge on any atom is -0.507 e. The van der Waals surface area contributed by atoms with Gasteiger partial charge in [-0.05, 0) is 30.0 Å². The molecule has 0 radical (unpaired) electrons. The molecule has 0 saturated heterocycles. The highest BCUT2D eigenvalue weighted by Gasteiger charge is 2.49. The molecule has 1 fully saturated rings. The quantitative estimate of drug-likeness (QED) is 0.918. The zero-order valence-electron chi connectivity index (χ0n) is 11.2. The van der Waals surface area contributed by atoms with E-state index in [9.17, 15) is 5.11 Å². The summed E-state index contributed by atoms with van der Waals surface area (Å²) in [6.07, 6.45) is 1.07. The van der Waals surface area contributed by atoms with Gasteiger partial charge in [-0.25, -0.2) is 0 Å². The Balaban J connectivity index is 1.95. The number of methoxy groups -OCH3 is 1. The molecule has 1 heterocycles. The lowest BCUT2D eigenvalue weighted by molar-refractivity contribution is 0.406. The van der Waals surface area contributed by atoms with Crippen LogP contribution in [0.4, 0.5) is 0 Å². The van der Waals surface area contributed by atoms with E-state index in [0.29, 0.717) is 28.9 Å². The normalized spacial score (nSPS) is 20.3. The zero-order chi connectivity index (χ0) is 13.6. The van der Waals surface area contributed by atoms with E-state index in [1.54, 1.807) is 25.3 Å². The maximum absolute atomic E-state index is 9.87. The van der Waals surface area contributed by atoms with Crippen LogP contribution in [-0.4, -0.2) is 22.4 Å². The molecule has 1 saturated carbocycles. The van der Waals surface area contributed by atoms with Crippen LogP contribution in [0.3, 0.4) is 0 Å². The standard InChI is InChI=1S/C14H16N2O3/c1-14(2)7-10(14)12-15-13(19-16-12)9-6-8(18-3)4-5-11(9)17/h4-6,10,17H,7H2,1-3H3. The minimum atomic E-state index is 0.103. The van der Waals surface area contributed by atoms with E-state index in [-0.39, 0.29) is 11.2 Å². The number of ether oxygens (including phenoxy) is 1. The Morgan fingerprint density at radius 1 is 1.42 bits per heavy atom. The molecule has 1 N–H and O–H groups in total. The van der Waals surface area contributed by atoms with Crippen LogP contribution in [-0.2, 0) is 0 Å². The van der Waals surface area contributed by atoms with Gasteiger partial charge in [0, 0.05) is 5.92 Å². The number of hydrogen-bond donors (Lipinski definition) is 1. The van der Waals surface area contributed by atoms with Crippen LogP contribution in [0, 0.1) is 5.41 Å². The Morgan fingerprint density at radius 2 is 2.16 bits per heavy atom. The highest BCUT2D eigenvalue weighted by molar-refractivity contribution is 5.64. The predicted molar refractivity (Wildman–Crippen MR) is 69.1 cm³/mol. The summed E-state index contributed by atoms with van der Waals surface area (Å²) in [4.78, 5) is 4.38. The summed E-state index contributed by atoms with van der Waals surface area (Å²) < 4.78 is 10.4. The van der Waals surface area contributed by atoms with E-state index in [1.807, 2.05) is 0 Å². The van der Waals surface area contributed by atoms with E-state index in [1.165, 1.54) is 0 Å². The third-order valence-corrected chi connectivity index (χ3v) is 3.70. The molecule has 1 aromatic heterocycles. The maximum Gasteiger partial charge on any atom is 0.261 e. The van der Waals surface area contributed by atoms with Crippen LogP contribution in [0.2, 0.25) is 0 Å². The van der Waals surface area contributed by atoms with E-state index in [4.69, 9.17) is 9.26 Å². The number of phenols is 1. The van der Waals surface area contributed by atoms with Gasteiger partial charge in [0.2, 0.25) is 0 Å². The number of phenolic OH excluding ortho intramolecular Hbond substituents is 1. The maximum atomic E-state index is 9.87. The molecule has 2 aromatic rings. The van der Waals surface area contributed by atoms with E-state index in [0.717, 1.165) is 6.42 Å². The molecular weight excluding hydrogens is 244 g/mol. The first-order valence-corrected chi connectivity index (χ1v) is 6.22. The van der Waals surface area contributed by atoms with Gasteiger partial charge >= 0.3 is 0 Å². The molecule has 0 aliphatic heterocycles. The Hall–Kier alpha value is -2.04. The van der Waals surface area contributed by atoms with E-state index in [2.05, 4.69) is 24.0 Å². The van der Waals surface area contributed by atoms with Gasteiger partial charge in [-0.1, -0.05) is 19.0 Å². The molecule has 100 valence electrons. The van der Waals surface area contributed by atoms with Crippen molar-refractivity contribution in [3.8, 4) is 23.0 Å². The second kappa shape index (κ2) is 3.98. The monoisotopic (exact) mass is 260 g/mol. The van der Waals surface area contributed by atoms with Gasteiger partial charge in [-0.15, -0.1) is 0 Å². The zero-order valence-corrected chi connectivity index (χ0v) is 11.2. The van der Waals surface area contributed by atoms with Crippen LogP contribution in [0.1, 0.15) is 32.0 Å². The van der Waals surface area contributed by atoms with Gasteiger partial charge in [-0.2, -0.15) is 4.98 Å². The minimum absolute atomic E-state index is 0.103.